The van der Waals surface area contributed by atoms with Crippen molar-refractivity contribution in [3.05, 3.63) is 17.5 Å². The molecule has 1 heterocycles. The highest BCUT2D eigenvalue weighted by Crippen LogP contribution is 2.36. The van der Waals surface area contributed by atoms with Crippen molar-refractivity contribution in [2.75, 3.05) is 0 Å². The molecule has 0 aromatic carbocycles. The first-order valence-electron chi connectivity index (χ1n) is 3.82. The van der Waals surface area contributed by atoms with Crippen LogP contribution in [0.5, 0.6) is 0 Å². The van der Waals surface area contributed by atoms with E-state index in [1.807, 2.05) is 0 Å². The van der Waals surface area contributed by atoms with Gasteiger partial charge in [0.1, 0.15) is 11.5 Å². The van der Waals surface area contributed by atoms with Crippen LogP contribution in [0.3, 0.4) is 0 Å². The summed E-state index contributed by atoms with van der Waals surface area (Å²) in [5.74, 6) is 1.40. The molecule has 11 heavy (non-hydrogen) atoms. The quantitative estimate of drug-likeness (QED) is 0.605. The molecule has 1 saturated carbocycles. The van der Waals surface area contributed by atoms with E-state index < -0.39 is 0 Å². The maximum atomic E-state index is 10.2. The molecule has 1 aliphatic carbocycles. The molecule has 3 nitrogen and oxygen atoms in total. The lowest BCUT2D eigenvalue weighted by atomic mass is 9.83. The fraction of sp³-hybridized carbons (Fsp3) is 0.500. The van der Waals surface area contributed by atoms with Crippen LogP contribution in [0.2, 0.25) is 0 Å². The van der Waals surface area contributed by atoms with Crippen molar-refractivity contribution in [2.45, 2.75) is 25.2 Å². The predicted octanol–water partition coefficient (Wildman–Crippen LogP) is 1.75. The highest BCUT2D eigenvalue weighted by molar-refractivity contribution is 5.71. The maximum absolute atomic E-state index is 10.2. The monoisotopic (exact) mass is 151 g/mol. The van der Waals surface area contributed by atoms with Gasteiger partial charge >= 0.3 is 0 Å². The SMILES string of the molecule is O=Cc1cc(C2CCC2)on1. The molecule has 0 spiro atoms. The number of carbonyl (C=O) groups is 1. The van der Waals surface area contributed by atoms with Gasteiger partial charge < -0.3 is 4.52 Å². The fourth-order valence-electron chi connectivity index (χ4n) is 1.24. The fourth-order valence-corrected chi connectivity index (χ4v) is 1.24. The van der Waals surface area contributed by atoms with Crippen molar-refractivity contribution >= 4 is 6.29 Å². The summed E-state index contributed by atoms with van der Waals surface area (Å²) in [4.78, 5) is 10.2. The Bertz CT molecular complexity index is 263. The Morgan fingerprint density at radius 2 is 2.45 bits per heavy atom. The summed E-state index contributed by atoms with van der Waals surface area (Å²) < 4.78 is 4.98. The molecule has 0 unspecified atom stereocenters. The first kappa shape index (κ1) is 6.58. The predicted molar refractivity (Wildman–Crippen MR) is 38.5 cm³/mol. The van der Waals surface area contributed by atoms with E-state index in [2.05, 4.69) is 5.16 Å². The van der Waals surface area contributed by atoms with Crippen LogP contribution in [0.1, 0.15) is 41.4 Å². The lowest BCUT2D eigenvalue weighted by Gasteiger charge is -2.21. The second-order valence-electron chi connectivity index (χ2n) is 2.90. The zero-order valence-electron chi connectivity index (χ0n) is 6.12. The second-order valence-corrected chi connectivity index (χ2v) is 2.90. The first-order valence-corrected chi connectivity index (χ1v) is 3.82. The Morgan fingerprint density at radius 3 is 2.91 bits per heavy atom. The van der Waals surface area contributed by atoms with Gasteiger partial charge in [-0.1, -0.05) is 11.6 Å². The van der Waals surface area contributed by atoms with Crippen LogP contribution >= 0.6 is 0 Å². The van der Waals surface area contributed by atoms with E-state index in [9.17, 15) is 4.79 Å². The Balaban J connectivity index is 2.17. The molecule has 0 saturated heterocycles. The molecule has 0 aliphatic heterocycles. The molecule has 0 N–H and O–H groups in total. The highest BCUT2D eigenvalue weighted by atomic mass is 16.5. The van der Waals surface area contributed by atoms with Crippen molar-refractivity contribution in [1.82, 2.24) is 5.16 Å². The average Bonchev–Trinajstić information content (AvgIpc) is 2.32. The highest BCUT2D eigenvalue weighted by Gasteiger charge is 2.23. The van der Waals surface area contributed by atoms with Crippen LogP contribution in [0.4, 0.5) is 0 Å². The van der Waals surface area contributed by atoms with Crippen LogP contribution in [-0.4, -0.2) is 11.4 Å². The Kier molecular flexibility index (Phi) is 1.49. The van der Waals surface area contributed by atoms with Crippen LogP contribution in [0.25, 0.3) is 0 Å². The van der Waals surface area contributed by atoms with Crippen molar-refractivity contribution in [2.24, 2.45) is 0 Å². The zero-order valence-corrected chi connectivity index (χ0v) is 6.12. The summed E-state index contributed by atoms with van der Waals surface area (Å²) in [7, 11) is 0. The minimum absolute atomic E-state index is 0.409. The third-order valence-electron chi connectivity index (χ3n) is 2.17. The van der Waals surface area contributed by atoms with E-state index in [0.29, 0.717) is 17.9 Å². The van der Waals surface area contributed by atoms with Gasteiger partial charge in [-0.05, 0) is 12.8 Å². The summed E-state index contributed by atoms with van der Waals surface area (Å²) in [5.41, 5.74) is 0.409. The molecule has 1 aromatic heterocycles. The molecule has 0 amide bonds. The van der Waals surface area contributed by atoms with Gasteiger partial charge in [0.2, 0.25) is 0 Å². The summed E-state index contributed by atoms with van der Waals surface area (Å²) in [6, 6.07) is 1.73. The van der Waals surface area contributed by atoms with Gasteiger partial charge in [-0.15, -0.1) is 0 Å². The minimum atomic E-state index is 0.409. The van der Waals surface area contributed by atoms with Gasteiger partial charge in [0.05, 0.1) is 0 Å². The summed E-state index contributed by atoms with van der Waals surface area (Å²) >= 11 is 0. The topological polar surface area (TPSA) is 43.1 Å². The van der Waals surface area contributed by atoms with Crippen LogP contribution in [0.15, 0.2) is 10.6 Å². The van der Waals surface area contributed by atoms with Gasteiger partial charge in [-0.3, -0.25) is 4.79 Å². The first-order chi connectivity index (χ1) is 5.40. The smallest absolute Gasteiger partial charge is 0.171 e. The van der Waals surface area contributed by atoms with E-state index in [1.54, 1.807) is 6.07 Å². The molecule has 2 rings (SSSR count). The lowest BCUT2D eigenvalue weighted by molar-refractivity contribution is 0.111. The number of hydrogen-bond acceptors (Lipinski definition) is 3. The summed E-state index contributed by atoms with van der Waals surface area (Å²) in [6.07, 6.45) is 4.33. The largest absolute Gasteiger partial charge is 0.360 e. The molecule has 0 radical (unpaired) electrons. The van der Waals surface area contributed by atoms with Crippen LogP contribution in [-0.2, 0) is 0 Å². The molecule has 0 bridgehead atoms. The number of aromatic nitrogens is 1. The lowest BCUT2D eigenvalue weighted by Crippen LogP contribution is -2.07. The Labute approximate surface area is 64.4 Å². The molecule has 0 atom stereocenters. The molecule has 3 heteroatoms. The zero-order chi connectivity index (χ0) is 7.68. The van der Waals surface area contributed by atoms with E-state index in [0.717, 1.165) is 5.76 Å². The molecule has 58 valence electrons. The van der Waals surface area contributed by atoms with Gasteiger partial charge in [0.25, 0.3) is 0 Å². The third kappa shape index (κ3) is 1.06. The number of rotatable bonds is 2. The normalized spacial score (nSPS) is 17.8. The average molecular weight is 151 g/mol. The second kappa shape index (κ2) is 2.49. The summed E-state index contributed by atoms with van der Waals surface area (Å²) in [5, 5.41) is 3.59. The molecule has 1 aliphatic rings. The molecular weight excluding hydrogens is 142 g/mol. The van der Waals surface area contributed by atoms with Crippen molar-refractivity contribution in [3.63, 3.8) is 0 Å². The molecular formula is C8H9NO2. The molecule has 1 aromatic rings. The van der Waals surface area contributed by atoms with Crippen LogP contribution < -0.4 is 0 Å². The van der Waals surface area contributed by atoms with Gasteiger partial charge in [0, 0.05) is 12.0 Å². The van der Waals surface area contributed by atoms with Crippen LogP contribution in [0, 0.1) is 0 Å². The number of hydrogen-bond donors (Lipinski definition) is 0. The Morgan fingerprint density at radius 1 is 1.64 bits per heavy atom. The van der Waals surface area contributed by atoms with E-state index in [1.165, 1.54) is 19.3 Å². The van der Waals surface area contributed by atoms with Crippen molar-refractivity contribution < 1.29 is 9.32 Å². The maximum Gasteiger partial charge on any atom is 0.171 e. The van der Waals surface area contributed by atoms with Crippen molar-refractivity contribution in [1.29, 1.82) is 0 Å². The van der Waals surface area contributed by atoms with Crippen molar-refractivity contribution in [3.8, 4) is 0 Å². The van der Waals surface area contributed by atoms with E-state index in [4.69, 9.17) is 4.52 Å². The molecule has 1 fully saturated rings. The van der Waals surface area contributed by atoms with Gasteiger partial charge in [-0.2, -0.15) is 0 Å². The number of aldehydes is 1. The van der Waals surface area contributed by atoms with E-state index in [-0.39, 0.29) is 0 Å². The third-order valence-corrected chi connectivity index (χ3v) is 2.17. The van der Waals surface area contributed by atoms with Gasteiger partial charge in [0.15, 0.2) is 6.29 Å². The number of nitrogens with zero attached hydrogens (tertiary/aromatic N) is 1. The Hall–Kier alpha value is -1.12. The number of carbonyl (C=O) groups excluding carboxylic acids is 1. The van der Waals surface area contributed by atoms with Gasteiger partial charge in [-0.25, -0.2) is 0 Å². The summed E-state index contributed by atoms with van der Waals surface area (Å²) in [6.45, 7) is 0. The standard InChI is InChI=1S/C8H9NO2/c10-5-7-4-8(11-9-7)6-2-1-3-6/h4-6H,1-3H2. The minimum Gasteiger partial charge on any atom is -0.360 e. The van der Waals surface area contributed by atoms with E-state index >= 15 is 0 Å².